The molecule has 6 heteroatoms. The van der Waals surface area contributed by atoms with E-state index >= 15 is 0 Å². The van der Waals surface area contributed by atoms with Crippen molar-refractivity contribution in [3.8, 4) is 12.3 Å². The van der Waals surface area contributed by atoms with Crippen LogP contribution in [0.25, 0.3) is 0 Å². The number of hydrogen-bond acceptors (Lipinski definition) is 4. The molecule has 0 aliphatic heterocycles. The van der Waals surface area contributed by atoms with Gasteiger partial charge in [0.05, 0.1) is 6.54 Å². The molecule has 0 bridgehead atoms. The minimum Gasteiger partial charge on any atom is -0.330 e. The zero-order valence-corrected chi connectivity index (χ0v) is 9.70. The van der Waals surface area contributed by atoms with Crippen molar-refractivity contribution < 1.29 is 8.42 Å². The fraction of sp³-hybridized carbons (Fsp3) is 0.333. The third-order valence-corrected chi connectivity index (χ3v) is 4.69. The van der Waals surface area contributed by atoms with Gasteiger partial charge < -0.3 is 5.73 Å². The van der Waals surface area contributed by atoms with E-state index in [-0.39, 0.29) is 10.8 Å². The summed E-state index contributed by atoms with van der Waals surface area (Å²) in [6, 6.07) is 3.33. The second kappa shape index (κ2) is 5.28. The highest BCUT2D eigenvalue weighted by Crippen LogP contribution is 2.21. The maximum atomic E-state index is 11.6. The molecule has 0 saturated carbocycles. The summed E-state index contributed by atoms with van der Waals surface area (Å²) in [6.07, 6.45) is 5.67. The summed E-state index contributed by atoms with van der Waals surface area (Å²) in [4.78, 5) is 0.957. The van der Waals surface area contributed by atoms with E-state index in [9.17, 15) is 8.42 Å². The second-order valence-corrected chi connectivity index (χ2v) is 5.95. The van der Waals surface area contributed by atoms with Gasteiger partial charge in [0.2, 0.25) is 0 Å². The number of terminal acetylenes is 1. The van der Waals surface area contributed by atoms with Crippen LogP contribution in [0.15, 0.2) is 16.3 Å². The van der Waals surface area contributed by atoms with E-state index < -0.39 is 10.0 Å². The first kappa shape index (κ1) is 12.2. The van der Waals surface area contributed by atoms with E-state index in [4.69, 9.17) is 12.2 Å². The molecule has 0 radical (unpaired) electrons. The van der Waals surface area contributed by atoms with Crippen molar-refractivity contribution in [1.29, 1.82) is 0 Å². The molecule has 3 N–H and O–H groups in total. The highest BCUT2D eigenvalue weighted by Gasteiger charge is 2.15. The van der Waals surface area contributed by atoms with E-state index in [1.165, 1.54) is 11.3 Å². The molecular weight excluding hydrogens is 232 g/mol. The van der Waals surface area contributed by atoms with Gasteiger partial charge in [-0.3, -0.25) is 0 Å². The third-order valence-electron chi connectivity index (χ3n) is 1.66. The van der Waals surface area contributed by atoms with Gasteiger partial charge in [-0.15, -0.1) is 17.8 Å². The third kappa shape index (κ3) is 3.32. The van der Waals surface area contributed by atoms with Gasteiger partial charge in [0.25, 0.3) is 10.0 Å². The Morgan fingerprint density at radius 1 is 1.53 bits per heavy atom. The SMILES string of the molecule is C#CCNS(=O)(=O)c1ccc(CCN)s1. The molecule has 1 rings (SSSR count). The first-order valence-electron chi connectivity index (χ1n) is 4.32. The molecule has 1 aromatic rings. The zero-order valence-electron chi connectivity index (χ0n) is 8.06. The number of nitrogens with one attached hydrogen (secondary N) is 1. The van der Waals surface area contributed by atoms with Crippen LogP contribution in [0.3, 0.4) is 0 Å². The van der Waals surface area contributed by atoms with Gasteiger partial charge in [-0.05, 0) is 25.1 Å². The van der Waals surface area contributed by atoms with Gasteiger partial charge in [0, 0.05) is 4.88 Å². The quantitative estimate of drug-likeness (QED) is 0.725. The smallest absolute Gasteiger partial charge is 0.250 e. The lowest BCUT2D eigenvalue weighted by atomic mass is 10.3. The molecule has 1 aromatic heterocycles. The molecule has 0 aliphatic rings. The molecular formula is C9H12N2O2S2. The minimum atomic E-state index is -3.43. The molecule has 0 amide bonds. The number of sulfonamides is 1. The molecule has 82 valence electrons. The number of rotatable bonds is 5. The van der Waals surface area contributed by atoms with Crippen molar-refractivity contribution in [2.75, 3.05) is 13.1 Å². The summed E-state index contributed by atoms with van der Waals surface area (Å²) < 4.78 is 25.7. The van der Waals surface area contributed by atoms with E-state index in [1.54, 1.807) is 12.1 Å². The molecule has 4 nitrogen and oxygen atoms in total. The highest BCUT2D eigenvalue weighted by molar-refractivity contribution is 7.91. The molecule has 0 unspecified atom stereocenters. The summed E-state index contributed by atoms with van der Waals surface area (Å²) in [7, 11) is -3.43. The van der Waals surface area contributed by atoms with Crippen LogP contribution < -0.4 is 10.5 Å². The van der Waals surface area contributed by atoms with Crippen molar-refractivity contribution in [1.82, 2.24) is 4.72 Å². The maximum absolute atomic E-state index is 11.6. The van der Waals surface area contributed by atoms with Gasteiger partial charge in [0.1, 0.15) is 4.21 Å². The monoisotopic (exact) mass is 244 g/mol. The Balaban J connectivity index is 2.82. The van der Waals surface area contributed by atoms with Gasteiger partial charge in [-0.1, -0.05) is 5.92 Å². The highest BCUT2D eigenvalue weighted by atomic mass is 32.2. The fourth-order valence-electron chi connectivity index (χ4n) is 0.987. The Labute approximate surface area is 93.5 Å². The Kier molecular flexibility index (Phi) is 4.29. The lowest BCUT2D eigenvalue weighted by molar-refractivity contribution is 0.588. The summed E-state index contributed by atoms with van der Waals surface area (Å²) >= 11 is 1.22. The van der Waals surface area contributed by atoms with Crippen molar-refractivity contribution in [2.45, 2.75) is 10.6 Å². The largest absolute Gasteiger partial charge is 0.330 e. The van der Waals surface area contributed by atoms with E-state index in [1.807, 2.05) is 0 Å². The predicted octanol–water partition coefficient (Wildman–Crippen LogP) is 0.161. The number of nitrogens with two attached hydrogens (primary N) is 1. The topological polar surface area (TPSA) is 72.2 Å². The van der Waals surface area contributed by atoms with Crippen LogP contribution in [0.2, 0.25) is 0 Å². The molecule has 0 aromatic carbocycles. The summed E-state index contributed by atoms with van der Waals surface area (Å²) in [5.74, 6) is 2.22. The van der Waals surface area contributed by atoms with Crippen LogP contribution in [0, 0.1) is 12.3 Å². The average Bonchev–Trinajstić information content (AvgIpc) is 2.65. The normalized spacial score (nSPS) is 11.2. The molecule has 15 heavy (non-hydrogen) atoms. The lowest BCUT2D eigenvalue weighted by Gasteiger charge is -1.99. The van der Waals surface area contributed by atoms with Crippen molar-refractivity contribution >= 4 is 21.4 Å². The van der Waals surface area contributed by atoms with Crippen LogP contribution >= 0.6 is 11.3 Å². The predicted molar refractivity (Wildman–Crippen MR) is 61.1 cm³/mol. The second-order valence-electron chi connectivity index (χ2n) is 2.79. The maximum Gasteiger partial charge on any atom is 0.250 e. The van der Waals surface area contributed by atoms with Gasteiger partial charge >= 0.3 is 0 Å². The molecule has 0 saturated heterocycles. The van der Waals surface area contributed by atoms with Crippen LogP contribution in [0.4, 0.5) is 0 Å². The lowest BCUT2D eigenvalue weighted by Crippen LogP contribution is -2.22. The molecule has 0 atom stereocenters. The first-order chi connectivity index (χ1) is 7.10. The van der Waals surface area contributed by atoms with Crippen LogP contribution in [0.5, 0.6) is 0 Å². The van der Waals surface area contributed by atoms with Crippen LogP contribution in [0.1, 0.15) is 4.88 Å². The average molecular weight is 244 g/mol. The van der Waals surface area contributed by atoms with Crippen LogP contribution in [-0.4, -0.2) is 21.5 Å². The molecule has 0 aliphatic carbocycles. The summed E-state index contributed by atoms with van der Waals surface area (Å²) in [5, 5.41) is 0. The summed E-state index contributed by atoms with van der Waals surface area (Å²) in [6.45, 7) is 0.518. The minimum absolute atomic E-state index is 0.00640. The Hall–Kier alpha value is -0.870. The standard InChI is InChI=1S/C9H12N2O2S2/c1-2-7-11-15(12,13)9-4-3-8(14-9)5-6-10/h1,3-4,11H,5-7,10H2. The van der Waals surface area contributed by atoms with Crippen LogP contribution in [-0.2, 0) is 16.4 Å². The molecule has 1 heterocycles. The molecule has 0 spiro atoms. The van der Waals surface area contributed by atoms with E-state index in [0.29, 0.717) is 13.0 Å². The zero-order chi connectivity index (χ0) is 11.3. The van der Waals surface area contributed by atoms with Crippen molar-refractivity contribution in [3.05, 3.63) is 17.0 Å². The Morgan fingerprint density at radius 3 is 2.87 bits per heavy atom. The van der Waals surface area contributed by atoms with E-state index in [2.05, 4.69) is 10.6 Å². The summed E-state index contributed by atoms with van der Waals surface area (Å²) in [5.41, 5.74) is 5.37. The number of hydrogen-bond donors (Lipinski definition) is 2. The van der Waals surface area contributed by atoms with Gasteiger partial charge in [-0.25, -0.2) is 8.42 Å². The number of thiophene rings is 1. The molecule has 0 fully saturated rings. The Bertz CT molecular complexity index is 457. The van der Waals surface area contributed by atoms with E-state index in [0.717, 1.165) is 4.88 Å². The Morgan fingerprint density at radius 2 is 2.27 bits per heavy atom. The van der Waals surface area contributed by atoms with Gasteiger partial charge in [-0.2, -0.15) is 4.72 Å². The van der Waals surface area contributed by atoms with Crippen molar-refractivity contribution in [3.63, 3.8) is 0 Å². The van der Waals surface area contributed by atoms with Gasteiger partial charge in [0.15, 0.2) is 0 Å². The fourth-order valence-corrected chi connectivity index (χ4v) is 3.34. The van der Waals surface area contributed by atoms with Crippen molar-refractivity contribution in [2.24, 2.45) is 5.73 Å². The first-order valence-corrected chi connectivity index (χ1v) is 6.62.